The van der Waals surface area contributed by atoms with Gasteiger partial charge in [-0.25, -0.2) is 4.98 Å². The van der Waals surface area contributed by atoms with Crippen molar-refractivity contribution in [3.8, 4) is 0 Å². The zero-order chi connectivity index (χ0) is 15.9. The van der Waals surface area contributed by atoms with Crippen LogP contribution in [0.4, 0.5) is 5.82 Å². The van der Waals surface area contributed by atoms with Crippen LogP contribution in [0.25, 0.3) is 0 Å². The van der Waals surface area contributed by atoms with Crippen molar-refractivity contribution in [2.45, 2.75) is 63.9 Å². The van der Waals surface area contributed by atoms with E-state index in [9.17, 15) is 0 Å². The molecule has 1 aliphatic heterocycles. The Labute approximate surface area is 136 Å². The molecule has 116 valence electrons. The van der Waals surface area contributed by atoms with E-state index in [4.69, 9.17) is 5.64 Å². The number of anilines is 1. The lowest BCUT2D eigenvalue weighted by Crippen LogP contribution is -2.16. The Balaban J connectivity index is 0.000000188. The van der Waals surface area contributed by atoms with Gasteiger partial charge in [-0.05, 0) is 29.9 Å². The number of allylic oxidation sites excluding steroid dienone is 1. The first kappa shape index (κ1) is 17.1. The first-order chi connectivity index (χ1) is 10.6. The fraction of sp³-hybridized carbons (Fsp3) is 0.588. The van der Waals surface area contributed by atoms with Crippen LogP contribution < -0.4 is 11.0 Å². The molecule has 2 heterocycles. The van der Waals surface area contributed by atoms with Crippen molar-refractivity contribution in [1.29, 1.82) is 0 Å². The third-order valence-electron chi connectivity index (χ3n) is 4.40. The molecule has 1 aromatic heterocycles. The van der Waals surface area contributed by atoms with Crippen molar-refractivity contribution in [2.75, 3.05) is 5.32 Å². The molecule has 0 amide bonds. The average molecular weight is 295 g/mol. The molecule has 1 saturated carbocycles. The summed E-state index contributed by atoms with van der Waals surface area (Å²) in [5.41, 5.74) is 8.91. The maximum absolute atomic E-state index is 5.20. The van der Waals surface area contributed by atoms with E-state index >= 15 is 0 Å². The van der Waals surface area contributed by atoms with Gasteiger partial charge in [-0.3, -0.25) is 0 Å². The fourth-order valence-electron chi connectivity index (χ4n) is 2.61. The smallest absolute Gasteiger partial charge is 0.193 e. The molecule has 1 fully saturated rings. The minimum absolute atomic E-state index is 0.554. The maximum Gasteiger partial charge on any atom is 0.193 e. The molecule has 2 radical (unpaired) electrons. The van der Waals surface area contributed by atoms with E-state index in [2.05, 4.69) is 44.1 Å². The molecule has 0 spiro atoms. The number of rotatable bonds is 4. The highest BCUT2D eigenvalue weighted by atomic mass is 15.0. The topological polar surface area (TPSA) is 50.9 Å². The number of pyridine rings is 1. The van der Waals surface area contributed by atoms with Crippen LogP contribution in [0.2, 0.25) is 12.0 Å². The third-order valence-corrected chi connectivity index (χ3v) is 4.40. The maximum atomic E-state index is 5.20. The number of fused-ring (bicyclic) bond motifs is 1. The second-order valence-corrected chi connectivity index (χ2v) is 6.56. The van der Waals surface area contributed by atoms with Gasteiger partial charge in [0.15, 0.2) is 7.41 Å². The molecule has 22 heavy (non-hydrogen) atoms. The van der Waals surface area contributed by atoms with E-state index in [0.717, 1.165) is 36.4 Å². The van der Waals surface area contributed by atoms with Gasteiger partial charge in [-0.2, -0.15) is 0 Å². The lowest BCUT2D eigenvalue weighted by atomic mass is 9.48. The molecule has 0 aromatic carbocycles. The van der Waals surface area contributed by atoms with Crippen LogP contribution in [0.3, 0.4) is 0 Å². The van der Waals surface area contributed by atoms with Crippen molar-refractivity contribution in [3.63, 3.8) is 0 Å². The summed E-state index contributed by atoms with van der Waals surface area (Å²) in [4.78, 5) is 4.42. The Morgan fingerprint density at radius 2 is 2.18 bits per heavy atom. The molecule has 0 atom stereocenters. The molecular formula is C17H27B2N3. The van der Waals surface area contributed by atoms with Crippen LogP contribution in [0.1, 0.15) is 56.6 Å². The minimum atomic E-state index is 0.554. The van der Waals surface area contributed by atoms with Crippen LogP contribution in [0, 0.1) is 0 Å². The van der Waals surface area contributed by atoms with Gasteiger partial charge in [-0.1, -0.05) is 57.8 Å². The SMILES string of the molecule is C=C1CCc2cc(C(C)C)cnc2N1.N[B]C[B]C1CCC1. The van der Waals surface area contributed by atoms with E-state index < -0.39 is 0 Å². The Hall–Kier alpha value is -1.22. The molecule has 1 aliphatic carbocycles. The summed E-state index contributed by atoms with van der Waals surface area (Å²) in [6, 6.07) is 2.26. The van der Waals surface area contributed by atoms with Crippen molar-refractivity contribution < 1.29 is 0 Å². The van der Waals surface area contributed by atoms with E-state index in [1.165, 1.54) is 30.4 Å². The third kappa shape index (κ3) is 4.91. The lowest BCUT2D eigenvalue weighted by molar-refractivity contribution is 0.499. The Bertz CT molecular complexity index is 499. The standard InChI is InChI=1S/C12H16N2.C5H11B2N/c1-8(2)11-6-10-5-4-9(3)14-12(10)13-7-11;8-7-4-6-5-2-1-3-5/h6-8H,3-5H2,1-2H3,(H,13,14);5H,1-4,8H2. The number of hydrogen-bond acceptors (Lipinski definition) is 3. The molecule has 5 heteroatoms. The Morgan fingerprint density at radius 1 is 1.41 bits per heavy atom. The average Bonchev–Trinajstić information content (AvgIpc) is 2.46. The van der Waals surface area contributed by atoms with Crippen LogP contribution in [0.5, 0.6) is 0 Å². The summed E-state index contributed by atoms with van der Waals surface area (Å²) >= 11 is 0. The fourth-order valence-corrected chi connectivity index (χ4v) is 2.61. The predicted molar refractivity (Wildman–Crippen MR) is 97.5 cm³/mol. The molecule has 0 bridgehead atoms. The number of hydrogen-bond donors (Lipinski definition) is 2. The first-order valence-electron chi connectivity index (χ1n) is 8.40. The summed E-state index contributed by atoms with van der Waals surface area (Å²) in [5, 5.41) is 3.22. The molecule has 0 saturated heterocycles. The van der Waals surface area contributed by atoms with Gasteiger partial charge >= 0.3 is 0 Å². The van der Waals surface area contributed by atoms with Gasteiger partial charge < -0.3 is 11.0 Å². The van der Waals surface area contributed by atoms with Crippen molar-refractivity contribution >= 4 is 20.5 Å². The van der Waals surface area contributed by atoms with Gasteiger partial charge in [0.1, 0.15) is 13.1 Å². The molecule has 1 aromatic rings. The highest BCUT2D eigenvalue weighted by Crippen LogP contribution is 2.31. The number of aryl methyl sites for hydroxylation is 1. The second kappa shape index (κ2) is 8.42. The van der Waals surface area contributed by atoms with Gasteiger partial charge in [0.05, 0.1) is 0 Å². The zero-order valence-electron chi connectivity index (χ0n) is 13.9. The summed E-state index contributed by atoms with van der Waals surface area (Å²) in [5.74, 6) is 2.44. The Morgan fingerprint density at radius 3 is 2.77 bits per heavy atom. The van der Waals surface area contributed by atoms with Crippen molar-refractivity contribution in [1.82, 2.24) is 4.98 Å². The van der Waals surface area contributed by atoms with E-state index in [1.807, 2.05) is 6.20 Å². The Kier molecular flexibility index (Phi) is 6.56. The van der Waals surface area contributed by atoms with E-state index in [1.54, 1.807) is 7.41 Å². The van der Waals surface area contributed by atoms with Crippen molar-refractivity contribution in [2.24, 2.45) is 5.64 Å². The number of nitrogens with two attached hydrogens (primary N) is 1. The molecule has 3 N–H and O–H groups in total. The molecular weight excluding hydrogens is 268 g/mol. The van der Waals surface area contributed by atoms with Crippen LogP contribution in [-0.2, 0) is 6.42 Å². The van der Waals surface area contributed by atoms with Crippen molar-refractivity contribution in [3.05, 3.63) is 35.7 Å². The van der Waals surface area contributed by atoms with Gasteiger partial charge in [-0.15, -0.1) is 0 Å². The number of nitrogens with zero attached hydrogens (tertiary/aromatic N) is 1. The monoisotopic (exact) mass is 295 g/mol. The first-order valence-corrected chi connectivity index (χ1v) is 8.40. The molecule has 3 nitrogen and oxygen atoms in total. The van der Waals surface area contributed by atoms with Crippen LogP contribution in [0.15, 0.2) is 24.5 Å². The van der Waals surface area contributed by atoms with Gasteiger partial charge in [0.2, 0.25) is 0 Å². The van der Waals surface area contributed by atoms with Crippen LogP contribution in [-0.4, -0.2) is 19.7 Å². The zero-order valence-corrected chi connectivity index (χ0v) is 13.9. The summed E-state index contributed by atoms with van der Waals surface area (Å²) in [6.45, 7) is 8.31. The highest BCUT2D eigenvalue weighted by molar-refractivity contribution is 6.55. The van der Waals surface area contributed by atoms with Crippen LogP contribution >= 0.6 is 0 Å². The summed E-state index contributed by atoms with van der Waals surface area (Å²) < 4.78 is 0. The molecule has 3 rings (SSSR count). The molecule has 2 aliphatic rings. The predicted octanol–water partition coefficient (Wildman–Crippen LogP) is 3.69. The quantitative estimate of drug-likeness (QED) is 0.833. The lowest BCUT2D eigenvalue weighted by Gasteiger charge is -2.23. The summed E-state index contributed by atoms with van der Waals surface area (Å²) in [7, 11) is 4.03. The molecule has 0 unspecified atom stereocenters. The number of nitrogens with one attached hydrogen (secondary N) is 1. The normalized spacial score (nSPS) is 16.8. The highest BCUT2D eigenvalue weighted by Gasteiger charge is 2.16. The van der Waals surface area contributed by atoms with Gasteiger partial charge in [0, 0.05) is 11.9 Å². The van der Waals surface area contributed by atoms with E-state index in [0.29, 0.717) is 5.92 Å². The van der Waals surface area contributed by atoms with E-state index in [-0.39, 0.29) is 0 Å². The van der Waals surface area contributed by atoms with Gasteiger partial charge in [0.25, 0.3) is 0 Å². The largest absolute Gasteiger partial charge is 0.375 e. The second-order valence-electron chi connectivity index (χ2n) is 6.56. The number of aromatic nitrogens is 1. The minimum Gasteiger partial charge on any atom is -0.375 e. The summed E-state index contributed by atoms with van der Waals surface area (Å²) in [6.07, 6.45) is 9.25.